The minimum atomic E-state index is -0.592. The summed E-state index contributed by atoms with van der Waals surface area (Å²) in [6.07, 6.45) is 1.58. The molecule has 5 rings (SSSR count). The molecule has 6 nitrogen and oxygen atoms in total. The second-order valence-electron chi connectivity index (χ2n) is 9.75. The molecule has 1 aliphatic heterocycles. The Morgan fingerprint density at radius 3 is 2.46 bits per heavy atom. The number of hydrogen-bond acceptors (Lipinski definition) is 5. The molecule has 0 radical (unpaired) electrons. The molecule has 1 atom stereocenters. The Balaban J connectivity index is 1.57. The van der Waals surface area contributed by atoms with Crippen molar-refractivity contribution in [3.05, 3.63) is 105 Å². The van der Waals surface area contributed by atoms with Crippen molar-refractivity contribution >= 4 is 16.9 Å². The van der Waals surface area contributed by atoms with Gasteiger partial charge < -0.3 is 18.8 Å². The van der Waals surface area contributed by atoms with E-state index in [-0.39, 0.29) is 17.1 Å². The lowest BCUT2D eigenvalue weighted by molar-refractivity contribution is 0.0730. The fourth-order valence-electron chi connectivity index (χ4n) is 4.82. The minimum absolute atomic E-state index is 0.109. The van der Waals surface area contributed by atoms with Crippen molar-refractivity contribution in [1.82, 2.24) is 4.90 Å². The number of ether oxygens (including phenoxy) is 2. The monoisotopic (exact) mass is 497 g/mol. The molecule has 1 aliphatic rings. The molecule has 1 amide bonds. The van der Waals surface area contributed by atoms with E-state index in [0.29, 0.717) is 53.5 Å². The fraction of sp³-hybridized carbons (Fsp3) is 0.290. The van der Waals surface area contributed by atoms with Gasteiger partial charge in [0.15, 0.2) is 16.9 Å². The Morgan fingerprint density at radius 1 is 0.946 bits per heavy atom. The lowest BCUT2D eigenvalue weighted by Gasteiger charge is -2.26. The van der Waals surface area contributed by atoms with Crippen LogP contribution in [0.1, 0.15) is 53.6 Å². The first-order valence-electron chi connectivity index (χ1n) is 12.7. The Kier molecular flexibility index (Phi) is 6.99. The van der Waals surface area contributed by atoms with Gasteiger partial charge in [0.05, 0.1) is 30.7 Å². The van der Waals surface area contributed by atoms with E-state index in [1.165, 1.54) is 0 Å². The Labute approximate surface area is 216 Å². The molecule has 2 heterocycles. The van der Waals surface area contributed by atoms with Crippen molar-refractivity contribution in [2.75, 3.05) is 20.3 Å². The summed E-state index contributed by atoms with van der Waals surface area (Å²) in [7, 11) is 1.59. The highest BCUT2D eigenvalue weighted by Crippen LogP contribution is 2.41. The van der Waals surface area contributed by atoms with E-state index < -0.39 is 6.04 Å². The maximum Gasteiger partial charge on any atom is 0.290 e. The summed E-state index contributed by atoms with van der Waals surface area (Å²) in [6, 6.07) is 22.1. The van der Waals surface area contributed by atoms with Gasteiger partial charge in [0.2, 0.25) is 5.76 Å². The summed E-state index contributed by atoms with van der Waals surface area (Å²) in [5, 5.41) is 0.463. The molecule has 0 aliphatic carbocycles. The molecule has 4 aromatic rings. The zero-order valence-electron chi connectivity index (χ0n) is 21.4. The third-order valence-corrected chi connectivity index (χ3v) is 6.81. The lowest BCUT2D eigenvalue weighted by atomic mass is 9.97. The van der Waals surface area contributed by atoms with Gasteiger partial charge in [-0.15, -0.1) is 0 Å². The molecule has 0 N–H and O–H groups in total. The lowest BCUT2D eigenvalue weighted by Crippen LogP contribution is -2.31. The van der Waals surface area contributed by atoms with E-state index in [1.54, 1.807) is 36.3 Å². The SMILES string of the molecule is COc1cc(C2c3c(oc4ccccc4c3=O)C(=O)N2CCc2ccccc2)ccc1OCCC(C)C. The molecule has 190 valence electrons. The second kappa shape index (κ2) is 10.5. The van der Waals surface area contributed by atoms with Crippen LogP contribution < -0.4 is 14.9 Å². The van der Waals surface area contributed by atoms with Crippen molar-refractivity contribution in [1.29, 1.82) is 0 Å². The molecule has 6 heteroatoms. The highest BCUT2D eigenvalue weighted by molar-refractivity contribution is 5.99. The first kappa shape index (κ1) is 24.6. The third kappa shape index (κ3) is 4.84. The zero-order valence-corrected chi connectivity index (χ0v) is 21.4. The molecule has 0 spiro atoms. The molecule has 37 heavy (non-hydrogen) atoms. The number of carbonyl (C=O) groups excluding carboxylic acids is 1. The van der Waals surface area contributed by atoms with Crippen LogP contribution in [0.25, 0.3) is 11.0 Å². The first-order chi connectivity index (χ1) is 18.0. The maximum atomic E-state index is 13.7. The Hall–Kier alpha value is -4.06. The van der Waals surface area contributed by atoms with Crippen LogP contribution in [0.2, 0.25) is 0 Å². The van der Waals surface area contributed by atoms with Crippen LogP contribution in [0.4, 0.5) is 0 Å². The van der Waals surface area contributed by atoms with Crippen LogP contribution in [-0.4, -0.2) is 31.1 Å². The highest BCUT2D eigenvalue weighted by Gasteiger charge is 2.42. The number of hydrogen-bond donors (Lipinski definition) is 0. The first-order valence-corrected chi connectivity index (χ1v) is 12.7. The van der Waals surface area contributed by atoms with Crippen molar-refractivity contribution in [2.24, 2.45) is 5.92 Å². The summed E-state index contributed by atoms with van der Waals surface area (Å²) in [5.74, 6) is 1.56. The standard InChI is InChI=1S/C31H31NO5/c1-20(2)16-18-36-25-14-13-22(19-26(25)35-3)28-27-29(33)23-11-7-8-12-24(23)37-30(27)31(34)32(28)17-15-21-9-5-4-6-10-21/h4-14,19-20,28H,15-18H2,1-3H3. The molecule has 0 saturated heterocycles. The summed E-state index contributed by atoms with van der Waals surface area (Å²) in [4.78, 5) is 29.1. The predicted molar refractivity (Wildman–Crippen MR) is 143 cm³/mol. The maximum absolute atomic E-state index is 13.7. The molecule has 3 aromatic carbocycles. The largest absolute Gasteiger partial charge is 0.493 e. The summed E-state index contributed by atoms with van der Waals surface area (Å²) in [5.41, 5.74) is 2.48. The van der Waals surface area contributed by atoms with Crippen LogP contribution >= 0.6 is 0 Å². The molecular formula is C31H31NO5. The number of amides is 1. The van der Waals surface area contributed by atoms with Crippen molar-refractivity contribution in [3.8, 4) is 11.5 Å². The van der Waals surface area contributed by atoms with E-state index in [9.17, 15) is 9.59 Å². The molecular weight excluding hydrogens is 466 g/mol. The topological polar surface area (TPSA) is 69.0 Å². The van der Waals surface area contributed by atoms with Gasteiger partial charge in [0, 0.05) is 6.54 Å². The van der Waals surface area contributed by atoms with Gasteiger partial charge in [-0.3, -0.25) is 9.59 Å². The fourth-order valence-corrected chi connectivity index (χ4v) is 4.82. The van der Waals surface area contributed by atoms with E-state index in [2.05, 4.69) is 13.8 Å². The quantitative estimate of drug-likeness (QED) is 0.283. The smallest absolute Gasteiger partial charge is 0.290 e. The Bertz CT molecular complexity index is 1470. The number of para-hydroxylation sites is 1. The number of fused-ring (bicyclic) bond motifs is 2. The summed E-state index contributed by atoms with van der Waals surface area (Å²) < 4.78 is 17.7. The average molecular weight is 498 g/mol. The number of rotatable bonds is 9. The Morgan fingerprint density at radius 2 is 1.70 bits per heavy atom. The molecule has 0 saturated carbocycles. The van der Waals surface area contributed by atoms with E-state index >= 15 is 0 Å². The molecule has 0 fully saturated rings. The van der Waals surface area contributed by atoms with Gasteiger partial charge in [-0.1, -0.05) is 62.4 Å². The summed E-state index contributed by atoms with van der Waals surface area (Å²) >= 11 is 0. The van der Waals surface area contributed by atoms with Crippen LogP contribution in [0.5, 0.6) is 11.5 Å². The van der Waals surface area contributed by atoms with Crippen molar-refractivity contribution in [2.45, 2.75) is 32.7 Å². The zero-order chi connectivity index (χ0) is 25.9. The number of nitrogens with zero attached hydrogens (tertiary/aromatic N) is 1. The van der Waals surface area contributed by atoms with Crippen molar-refractivity contribution in [3.63, 3.8) is 0 Å². The van der Waals surface area contributed by atoms with Crippen LogP contribution in [-0.2, 0) is 6.42 Å². The van der Waals surface area contributed by atoms with Gasteiger partial charge in [-0.05, 0) is 54.2 Å². The molecule has 1 unspecified atom stereocenters. The minimum Gasteiger partial charge on any atom is -0.493 e. The number of benzene rings is 3. The van der Waals surface area contributed by atoms with Gasteiger partial charge in [-0.25, -0.2) is 0 Å². The number of carbonyl (C=O) groups is 1. The normalized spacial score (nSPS) is 14.9. The predicted octanol–water partition coefficient (Wildman–Crippen LogP) is 6.01. The second-order valence-corrected chi connectivity index (χ2v) is 9.75. The highest BCUT2D eigenvalue weighted by atomic mass is 16.5. The van der Waals surface area contributed by atoms with Gasteiger partial charge >= 0.3 is 0 Å². The van der Waals surface area contributed by atoms with E-state index in [1.807, 2.05) is 48.5 Å². The van der Waals surface area contributed by atoms with Crippen LogP contribution in [0.15, 0.2) is 82.0 Å². The van der Waals surface area contributed by atoms with Crippen LogP contribution in [0.3, 0.4) is 0 Å². The van der Waals surface area contributed by atoms with E-state index in [4.69, 9.17) is 13.9 Å². The van der Waals surface area contributed by atoms with E-state index in [0.717, 1.165) is 17.5 Å². The van der Waals surface area contributed by atoms with Crippen LogP contribution in [0, 0.1) is 5.92 Å². The molecule has 0 bridgehead atoms. The van der Waals surface area contributed by atoms with Gasteiger partial charge in [0.1, 0.15) is 5.58 Å². The third-order valence-electron chi connectivity index (χ3n) is 6.81. The average Bonchev–Trinajstić information content (AvgIpc) is 3.19. The van der Waals surface area contributed by atoms with Gasteiger partial charge in [-0.2, -0.15) is 0 Å². The summed E-state index contributed by atoms with van der Waals surface area (Å²) in [6.45, 7) is 5.31. The molecule has 1 aromatic heterocycles. The van der Waals surface area contributed by atoms with Crippen molar-refractivity contribution < 1.29 is 18.7 Å². The number of methoxy groups -OCH3 is 1. The van der Waals surface area contributed by atoms with Gasteiger partial charge in [0.25, 0.3) is 5.91 Å².